The number of rotatable bonds is 8. The van der Waals surface area contributed by atoms with Gasteiger partial charge in [0.15, 0.2) is 6.10 Å². The Morgan fingerprint density at radius 1 is 0.966 bits per heavy atom. The molecule has 29 heavy (non-hydrogen) atoms. The minimum atomic E-state index is -0.990. The fraction of sp³-hybridized carbons (Fsp3) is 0.348. The molecular formula is C23H28N2O4. The number of carbonyl (C=O) groups is 3. The number of hydrogen-bond acceptors (Lipinski definition) is 4. The minimum Gasteiger partial charge on any atom is -0.451 e. The summed E-state index contributed by atoms with van der Waals surface area (Å²) in [6.07, 6.45) is -0.823. The smallest absolute Gasteiger partial charge is 0.329 e. The highest BCUT2D eigenvalue weighted by atomic mass is 16.5. The van der Waals surface area contributed by atoms with E-state index >= 15 is 0 Å². The Labute approximate surface area is 171 Å². The van der Waals surface area contributed by atoms with Gasteiger partial charge in [-0.1, -0.05) is 56.3 Å². The van der Waals surface area contributed by atoms with Crippen LogP contribution < -0.4 is 10.6 Å². The summed E-state index contributed by atoms with van der Waals surface area (Å²) in [6.45, 7) is 7.05. The molecule has 0 radical (unpaired) electrons. The largest absolute Gasteiger partial charge is 0.451 e. The van der Waals surface area contributed by atoms with E-state index in [1.165, 1.54) is 6.92 Å². The Morgan fingerprint density at radius 2 is 1.66 bits per heavy atom. The number of amides is 2. The maximum Gasteiger partial charge on any atom is 0.329 e. The zero-order valence-electron chi connectivity index (χ0n) is 17.3. The molecular weight excluding hydrogens is 368 g/mol. The fourth-order valence-electron chi connectivity index (χ4n) is 2.77. The van der Waals surface area contributed by atoms with Gasteiger partial charge in [0, 0.05) is 5.69 Å². The van der Waals surface area contributed by atoms with Gasteiger partial charge in [-0.3, -0.25) is 9.59 Å². The van der Waals surface area contributed by atoms with E-state index < -0.39 is 24.0 Å². The monoisotopic (exact) mass is 396 g/mol. The molecule has 2 aromatic rings. The minimum absolute atomic E-state index is 0.167. The van der Waals surface area contributed by atoms with Crippen molar-refractivity contribution in [3.05, 3.63) is 65.7 Å². The molecule has 2 aromatic carbocycles. The molecule has 2 N–H and O–H groups in total. The molecule has 0 bridgehead atoms. The highest BCUT2D eigenvalue weighted by molar-refractivity contribution is 5.95. The molecule has 2 atom stereocenters. The summed E-state index contributed by atoms with van der Waals surface area (Å²) in [4.78, 5) is 37.2. The van der Waals surface area contributed by atoms with Crippen molar-refractivity contribution in [3.8, 4) is 0 Å². The zero-order chi connectivity index (χ0) is 21.4. The number of hydrogen-bond donors (Lipinski definition) is 2. The zero-order valence-corrected chi connectivity index (χ0v) is 17.3. The highest BCUT2D eigenvalue weighted by Gasteiger charge is 2.29. The number of anilines is 1. The van der Waals surface area contributed by atoms with Crippen molar-refractivity contribution in [2.24, 2.45) is 5.92 Å². The van der Waals surface area contributed by atoms with E-state index in [0.717, 1.165) is 11.1 Å². The lowest BCUT2D eigenvalue weighted by atomic mass is 10.0. The van der Waals surface area contributed by atoms with Crippen molar-refractivity contribution in [2.75, 3.05) is 5.32 Å². The van der Waals surface area contributed by atoms with Crippen LogP contribution in [0.4, 0.5) is 5.69 Å². The Kier molecular flexibility index (Phi) is 7.95. The van der Waals surface area contributed by atoms with Gasteiger partial charge < -0.3 is 15.4 Å². The molecule has 6 heteroatoms. The molecule has 0 aliphatic heterocycles. The molecule has 0 aromatic heterocycles. The average Bonchev–Trinajstić information content (AvgIpc) is 2.66. The number of nitrogens with one attached hydrogen (secondary N) is 2. The van der Waals surface area contributed by atoms with Crippen LogP contribution in [-0.2, 0) is 25.5 Å². The summed E-state index contributed by atoms with van der Waals surface area (Å²) in [5.74, 6) is -1.52. The van der Waals surface area contributed by atoms with Crippen molar-refractivity contribution in [3.63, 3.8) is 0 Å². The first-order valence-electron chi connectivity index (χ1n) is 9.67. The molecule has 0 saturated carbocycles. The molecule has 0 heterocycles. The van der Waals surface area contributed by atoms with Gasteiger partial charge in [0.2, 0.25) is 5.91 Å². The lowest BCUT2D eigenvalue weighted by molar-refractivity contribution is -0.157. The van der Waals surface area contributed by atoms with Crippen LogP contribution in [0, 0.1) is 12.8 Å². The van der Waals surface area contributed by atoms with E-state index in [9.17, 15) is 14.4 Å². The summed E-state index contributed by atoms with van der Waals surface area (Å²) in [7, 11) is 0. The van der Waals surface area contributed by atoms with E-state index in [0.29, 0.717) is 5.69 Å². The first-order chi connectivity index (χ1) is 13.8. The third kappa shape index (κ3) is 7.07. The van der Waals surface area contributed by atoms with E-state index in [2.05, 4.69) is 10.6 Å². The summed E-state index contributed by atoms with van der Waals surface area (Å²) >= 11 is 0. The van der Waals surface area contributed by atoms with E-state index in [4.69, 9.17) is 4.74 Å². The number of esters is 1. The number of benzene rings is 2. The van der Waals surface area contributed by atoms with Gasteiger partial charge in [-0.05, 0) is 43.0 Å². The van der Waals surface area contributed by atoms with Gasteiger partial charge in [-0.15, -0.1) is 0 Å². The normalized spacial score (nSPS) is 12.7. The summed E-state index contributed by atoms with van der Waals surface area (Å²) in [5, 5.41) is 5.45. The lowest BCUT2D eigenvalue weighted by Crippen LogP contribution is -2.47. The third-order valence-electron chi connectivity index (χ3n) is 4.39. The number of carbonyl (C=O) groups excluding carboxylic acids is 3. The summed E-state index contributed by atoms with van der Waals surface area (Å²) < 4.78 is 5.32. The van der Waals surface area contributed by atoms with Crippen molar-refractivity contribution in [2.45, 2.75) is 46.3 Å². The Balaban J connectivity index is 1.93. The van der Waals surface area contributed by atoms with Crippen molar-refractivity contribution in [1.82, 2.24) is 5.32 Å². The van der Waals surface area contributed by atoms with Crippen LogP contribution in [0.25, 0.3) is 0 Å². The Hall–Kier alpha value is -3.15. The van der Waals surface area contributed by atoms with E-state index in [1.807, 2.05) is 69.3 Å². The molecule has 154 valence electrons. The van der Waals surface area contributed by atoms with Crippen molar-refractivity contribution in [1.29, 1.82) is 0 Å². The topological polar surface area (TPSA) is 84.5 Å². The molecule has 0 saturated heterocycles. The molecule has 0 spiro atoms. The van der Waals surface area contributed by atoms with Gasteiger partial charge in [0.05, 0.1) is 6.42 Å². The predicted octanol–water partition coefficient (Wildman–Crippen LogP) is 3.25. The van der Waals surface area contributed by atoms with Crippen LogP contribution in [0.3, 0.4) is 0 Å². The van der Waals surface area contributed by atoms with E-state index in [-0.39, 0.29) is 18.2 Å². The molecule has 2 rings (SSSR count). The maximum atomic E-state index is 12.6. The van der Waals surface area contributed by atoms with Crippen LogP contribution in [0.5, 0.6) is 0 Å². The molecule has 0 aliphatic carbocycles. The fourth-order valence-corrected chi connectivity index (χ4v) is 2.77. The van der Waals surface area contributed by atoms with Gasteiger partial charge in [-0.2, -0.15) is 0 Å². The molecule has 2 amide bonds. The first kappa shape index (κ1) is 22.1. The number of ether oxygens (including phenoxy) is 1. The SMILES string of the molecule is Cc1cccc(NC(=O)[C@H](C)OC(=O)[C@@H](NC(=O)Cc2ccccc2)C(C)C)c1. The van der Waals surface area contributed by atoms with E-state index in [1.54, 1.807) is 6.07 Å². The van der Waals surface area contributed by atoms with Crippen LogP contribution in [0.15, 0.2) is 54.6 Å². The second-order valence-corrected chi connectivity index (χ2v) is 7.39. The molecule has 0 aliphatic rings. The van der Waals surface area contributed by atoms with Gasteiger partial charge in [0.25, 0.3) is 5.91 Å². The van der Waals surface area contributed by atoms with Gasteiger partial charge >= 0.3 is 5.97 Å². The van der Waals surface area contributed by atoms with Crippen molar-refractivity contribution >= 4 is 23.5 Å². The lowest BCUT2D eigenvalue weighted by Gasteiger charge is -2.23. The van der Waals surface area contributed by atoms with Gasteiger partial charge in [-0.25, -0.2) is 4.79 Å². The third-order valence-corrected chi connectivity index (χ3v) is 4.39. The van der Waals surface area contributed by atoms with Crippen LogP contribution in [0.1, 0.15) is 31.9 Å². The first-order valence-corrected chi connectivity index (χ1v) is 9.67. The standard InChI is InChI=1S/C23H28N2O4/c1-15(2)21(25-20(26)14-18-10-6-5-7-11-18)23(28)29-17(4)22(27)24-19-12-8-9-16(3)13-19/h5-13,15,17,21H,14H2,1-4H3,(H,24,27)(H,25,26)/t17-,21-/m0/s1. The van der Waals surface area contributed by atoms with Crippen molar-refractivity contribution < 1.29 is 19.1 Å². The van der Waals surface area contributed by atoms with Crippen LogP contribution in [-0.4, -0.2) is 29.9 Å². The Morgan fingerprint density at radius 3 is 2.28 bits per heavy atom. The number of aryl methyl sites for hydroxylation is 1. The van der Waals surface area contributed by atoms with Crippen LogP contribution >= 0.6 is 0 Å². The second-order valence-electron chi connectivity index (χ2n) is 7.39. The Bertz CT molecular complexity index is 849. The summed E-state index contributed by atoms with van der Waals surface area (Å²) in [5.41, 5.74) is 2.50. The highest BCUT2D eigenvalue weighted by Crippen LogP contribution is 2.12. The van der Waals surface area contributed by atoms with Gasteiger partial charge in [0.1, 0.15) is 6.04 Å². The molecule has 0 unspecified atom stereocenters. The van der Waals surface area contributed by atoms with Crippen LogP contribution in [0.2, 0.25) is 0 Å². The molecule has 0 fully saturated rings. The molecule has 6 nitrogen and oxygen atoms in total. The average molecular weight is 396 g/mol. The quantitative estimate of drug-likeness (QED) is 0.671. The second kappa shape index (κ2) is 10.4. The predicted molar refractivity (Wildman–Crippen MR) is 112 cm³/mol. The maximum absolute atomic E-state index is 12.6. The summed E-state index contributed by atoms with van der Waals surface area (Å²) in [6, 6.07) is 15.8.